The van der Waals surface area contributed by atoms with Gasteiger partial charge in [-0.05, 0) is 43.4 Å². The summed E-state index contributed by atoms with van der Waals surface area (Å²) >= 11 is 0. The highest BCUT2D eigenvalue weighted by Crippen LogP contribution is 2.28. The van der Waals surface area contributed by atoms with Gasteiger partial charge < -0.3 is 19.7 Å². The summed E-state index contributed by atoms with van der Waals surface area (Å²) in [6, 6.07) is 5.78. The number of likely N-dealkylation sites (tertiary alicyclic amines) is 1. The molecule has 1 heterocycles. The van der Waals surface area contributed by atoms with Gasteiger partial charge in [0.05, 0.1) is 20.6 Å². The van der Waals surface area contributed by atoms with Crippen LogP contribution in [0.4, 0.5) is 0 Å². The van der Waals surface area contributed by atoms with Crippen molar-refractivity contribution in [3.05, 3.63) is 23.8 Å². The van der Waals surface area contributed by atoms with Crippen LogP contribution in [0.2, 0.25) is 0 Å². The quantitative estimate of drug-likeness (QED) is 0.814. The van der Waals surface area contributed by atoms with Crippen molar-refractivity contribution in [2.75, 3.05) is 27.3 Å². The minimum absolute atomic E-state index is 0.115. The molecule has 0 radical (unpaired) electrons. The van der Waals surface area contributed by atoms with E-state index in [0.29, 0.717) is 31.0 Å². The van der Waals surface area contributed by atoms with Gasteiger partial charge in [-0.1, -0.05) is 25.3 Å². The van der Waals surface area contributed by atoms with E-state index in [1.165, 1.54) is 19.3 Å². The Hall–Kier alpha value is -2.24. The van der Waals surface area contributed by atoms with Crippen LogP contribution < -0.4 is 14.8 Å². The average molecular weight is 389 g/mol. The van der Waals surface area contributed by atoms with Crippen molar-refractivity contribution in [3.8, 4) is 11.5 Å². The lowest BCUT2D eigenvalue weighted by Crippen LogP contribution is -2.48. The van der Waals surface area contributed by atoms with Crippen LogP contribution in [0.15, 0.2) is 18.2 Å². The number of carbonyl (C=O) groups excluding carboxylic acids is 2. The smallest absolute Gasteiger partial charge is 0.226 e. The predicted octanol–water partition coefficient (Wildman–Crippen LogP) is 2.93. The van der Waals surface area contributed by atoms with Gasteiger partial charge in [-0.3, -0.25) is 9.59 Å². The molecule has 1 N–H and O–H groups in total. The van der Waals surface area contributed by atoms with Gasteiger partial charge >= 0.3 is 0 Å². The number of benzene rings is 1. The van der Waals surface area contributed by atoms with E-state index in [1.807, 2.05) is 23.1 Å². The van der Waals surface area contributed by atoms with Crippen molar-refractivity contribution in [1.29, 1.82) is 0 Å². The molecule has 0 spiro atoms. The number of methoxy groups -OCH3 is 2. The molecule has 28 heavy (non-hydrogen) atoms. The SMILES string of the molecule is COc1ccc(CC(=O)N2CCC(NC(=O)C3CCCCC3)CC2)cc1OC. The predicted molar refractivity (Wildman–Crippen MR) is 108 cm³/mol. The molecule has 0 aromatic heterocycles. The van der Waals surface area contributed by atoms with Crippen LogP contribution >= 0.6 is 0 Å². The van der Waals surface area contributed by atoms with Crippen molar-refractivity contribution in [1.82, 2.24) is 10.2 Å². The number of nitrogens with zero attached hydrogens (tertiary/aromatic N) is 1. The maximum Gasteiger partial charge on any atom is 0.226 e. The molecule has 0 bridgehead atoms. The van der Waals surface area contributed by atoms with Crippen molar-refractivity contribution in [3.63, 3.8) is 0 Å². The highest BCUT2D eigenvalue weighted by atomic mass is 16.5. The molecule has 1 aliphatic carbocycles. The molecule has 1 saturated carbocycles. The van der Waals surface area contributed by atoms with Crippen LogP contribution in [0.25, 0.3) is 0 Å². The highest BCUT2D eigenvalue weighted by Gasteiger charge is 2.27. The summed E-state index contributed by atoms with van der Waals surface area (Å²) < 4.78 is 10.6. The van der Waals surface area contributed by atoms with Gasteiger partial charge in [-0.25, -0.2) is 0 Å². The van der Waals surface area contributed by atoms with Crippen LogP contribution in [-0.4, -0.2) is 50.1 Å². The number of piperidine rings is 1. The summed E-state index contributed by atoms with van der Waals surface area (Å²) in [6.45, 7) is 1.39. The van der Waals surface area contributed by atoms with Gasteiger partial charge in [0.1, 0.15) is 0 Å². The third-order valence-electron chi connectivity index (χ3n) is 5.97. The average Bonchev–Trinajstić information content (AvgIpc) is 2.74. The molecule has 1 saturated heterocycles. The van der Waals surface area contributed by atoms with E-state index in [2.05, 4.69) is 5.32 Å². The van der Waals surface area contributed by atoms with E-state index in [9.17, 15) is 9.59 Å². The molecule has 3 rings (SSSR count). The molecule has 1 aromatic rings. The number of ether oxygens (including phenoxy) is 2. The second-order valence-corrected chi connectivity index (χ2v) is 7.86. The minimum atomic E-state index is 0.115. The number of hydrogen-bond acceptors (Lipinski definition) is 4. The Morgan fingerprint density at radius 3 is 2.32 bits per heavy atom. The largest absolute Gasteiger partial charge is 0.493 e. The standard InChI is InChI=1S/C22H32N2O4/c1-27-19-9-8-16(14-20(19)28-2)15-21(25)24-12-10-18(11-13-24)23-22(26)17-6-4-3-5-7-17/h8-9,14,17-18H,3-7,10-13,15H2,1-2H3,(H,23,26). The topological polar surface area (TPSA) is 67.9 Å². The van der Waals surface area contributed by atoms with Gasteiger partial charge in [0.15, 0.2) is 11.5 Å². The Morgan fingerprint density at radius 2 is 1.68 bits per heavy atom. The zero-order chi connectivity index (χ0) is 19.9. The first-order valence-corrected chi connectivity index (χ1v) is 10.4. The normalized spacial score (nSPS) is 18.6. The second-order valence-electron chi connectivity index (χ2n) is 7.86. The fraction of sp³-hybridized carbons (Fsp3) is 0.636. The summed E-state index contributed by atoms with van der Waals surface area (Å²) in [5.41, 5.74) is 0.912. The molecule has 1 aliphatic heterocycles. The van der Waals surface area contributed by atoms with E-state index >= 15 is 0 Å². The third-order valence-corrected chi connectivity index (χ3v) is 5.97. The summed E-state index contributed by atoms with van der Waals surface area (Å²) in [7, 11) is 3.19. The van der Waals surface area contributed by atoms with Crippen molar-refractivity contribution in [2.24, 2.45) is 5.92 Å². The maximum absolute atomic E-state index is 12.7. The second kappa shape index (κ2) is 9.80. The fourth-order valence-corrected chi connectivity index (χ4v) is 4.23. The molecule has 6 nitrogen and oxygen atoms in total. The van der Waals surface area contributed by atoms with Gasteiger partial charge in [0.25, 0.3) is 0 Å². The molecular weight excluding hydrogens is 356 g/mol. The summed E-state index contributed by atoms with van der Waals surface area (Å²) in [5, 5.41) is 3.22. The van der Waals surface area contributed by atoms with Gasteiger partial charge in [0, 0.05) is 25.0 Å². The van der Waals surface area contributed by atoms with Crippen LogP contribution in [0, 0.1) is 5.92 Å². The summed E-state index contributed by atoms with van der Waals surface area (Å²) in [4.78, 5) is 27.0. The van der Waals surface area contributed by atoms with Gasteiger partial charge in [-0.2, -0.15) is 0 Å². The van der Waals surface area contributed by atoms with E-state index in [1.54, 1.807) is 14.2 Å². The Bertz CT molecular complexity index is 677. The lowest BCUT2D eigenvalue weighted by molar-refractivity contribution is -0.131. The van der Waals surface area contributed by atoms with Crippen molar-refractivity contribution < 1.29 is 19.1 Å². The molecule has 2 fully saturated rings. The number of rotatable bonds is 6. The first kappa shape index (κ1) is 20.5. The lowest BCUT2D eigenvalue weighted by Gasteiger charge is -2.33. The summed E-state index contributed by atoms with van der Waals surface area (Å²) in [5.74, 6) is 1.82. The zero-order valence-corrected chi connectivity index (χ0v) is 17.0. The van der Waals surface area contributed by atoms with Gasteiger partial charge in [-0.15, -0.1) is 0 Å². The molecule has 2 aliphatic rings. The molecular formula is C22H32N2O4. The maximum atomic E-state index is 12.7. The van der Waals surface area contributed by atoms with Crippen LogP contribution in [0.1, 0.15) is 50.5 Å². The number of nitrogens with one attached hydrogen (secondary N) is 1. The molecule has 0 atom stereocenters. The van der Waals surface area contributed by atoms with E-state index in [-0.39, 0.29) is 23.8 Å². The highest BCUT2D eigenvalue weighted by molar-refractivity contribution is 5.80. The fourth-order valence-electron chi connectivity index (χ4n) is 4.23. The first-order chi connectivity index (χ1) is 13.6. The van der Waals surface area contributed by atoms with E-state index in [0.717, 1.165) is 31.2 Å². The molecule has 154 valence electrons. The summed E-state index contributed by atoms with van der Waals surface area (Å²) in [6.07, 6.45) is 7.64. The Labute approximate surface area is 167 Å². The van der Waals surface area contributed by atoms with Crippen LogP contribution in [-0.2, 0) is 16.0 Å². The minimum Gasteiger partial charge on any atom is -0.493 e. The number of amides is 2. The molecule has 1 aromatic carbocycles. The zero-order valence-electron chi connectivity index (χ0n) is 17.0. The van der Waals surface area contributed by atoms with Gasteiger partial charge in [0.2, 0.25) is 11.8 Å². The molecule has 6 heteroatoms. The van der Waals surface area contributed by atoms with E-state index < -0.39 is 0 Å². The molecule has 2 amide bonds. The number of carbonyl (C=O) groups is 2. The van der Waals surface area contributed by atoms with Crippen LogP contribution in [0.3, 0.4) is 0 Å². The Balaban J connectivity index is 1.46. The molecule has 0 unspecified atom stereocenters. The van der Waals surface area contributed by atoms with Crippen molar-refractivity contribution >= 4 is 11.8 Å². The lowest BCUT2D eigenvalue weighted by atomic mass is 9.88. The first-order valence-electron chi connectivity index (χ1n) is 10.4. The van der Waals surface area contributed by atoms with E-state index in [4.69, 9.17) is 9.47 Å². The Kier molecular flexibility index (Phi) is 7.18. The van der Waals surface area contributed by atoms with Crippen molar-refractivity contribution in [2.45, 2.75) is 57.4 Å². The third kappa shape index (κ3) is 5.18. The van der Waals surface area contributed by atoms with Crippen LogP contribution in [0.5, 0.6) is 11.5 Å². The Morgan fingerprint density at radius 1 is 1.00 bits per heavy atom. The number of hydrogen-bond donors (Lipinski definition) is 1. The monoisotopic (exact) mass is 388 g/mol.